The molecule has 1 saturated carbocycles. The maximum Gasteiger partial charge on any atom is 0.325 e. The van der Waals surface area contributed by atoms with Crippen LogP contribution in [0, 0.1) is 0 Å². The second-order valence-corrected chi connectivity index (χ2v) is 4.17. The number of carboxylic acids is 1. The van der Waals surface area contributed by atoms with Gasteiger partial charge in [-0.25, -0.2) is 0 Å². The molecular weight excluding hydrogens is 206 g/mol. The number of aliphatic carboxylic acids is 1. The third kappa shape index (κ3) is 2.40. The van der Waals surface area contributed by atoms with Gasteiger partial charge in [0, 0.05) is 6.04 Å². The van der Waals surface area contributed by atoms with Crippen LogP contribution < -0.4 is 5.32 Å². The Morgan fingerprint density at radius 1 is 1.31 bits per heavy atom. The smallest absolute Gasteiger partial charge is 0.325 e. The van der Waals surface area contributed by atoms with Crippen LogP contribution in [0.25, 0.3) is 0 Å². The van der Waals surface area contributed by atoms with Crippen molar-refractivity contribution in [2.75, 3.05) is 0 Å². The van der Waals surface area contributed by atoms with Crippen molar-refractivity contribution < 1.29 is 15.0 Å². The fraction of sp³-hybridized carbons (Fsp3) is 0.417. The maximum atomic E-state index is 11.1. The van der Waals surface area contributed by atoms with Crippen LogP contribution in [-0.4, -0.2) is 28.3 Å². The quantitative estimate of drug-likeness (QED) is 0.707. The molecule has 2 rings (SSSR count). The van der Waals surface area contributed by atoms with Crippen LogP contribution in [-0.2, 0) is 4.79 Å². The van der Waals surface area contributed by atoms with E-state index in [2.05, 4.69) is 5.32 Å². The lowest BCUT2D eigenvalue weighted by Crippen LogP contribution is -2.47. The molecule has 4 nitrogen and oxygen atoms in total. The molecule has 0 saturated heterocycles. The lowest BCUT2D eigenvalue weighted by Gasteiger charge is -2.34. The average Bonchev–Trinajstić information content (AvgIpc) is 2.23. The normalized spacial score (nSPS) is 25.8. The minimum absolute atomic E-state index is 0.108. The van der Waals surface area contributed by atoms with Crippen molar-refractivity contribution >= 4 is 5.97 Å². The Kier molecular flexibility index (Phi) is 3.22. The highest BCUT2D eigenvalue weighted by Gasteiger charge is 2.31. The first-order chi connectivity index (χ1) is 7.66. The second-order valence-electron chi connectivity index (χ2n) is 4.17. The van der Waals surface area contributed by atoms with E-state index in [1.165, 1.54) is 0 Å². The summed E-state index contributed by atoms with van der Waals surface area (Å²) < 4.78 is 0. The number of hydrogen-bond donors (Lipinski definition) is 3. The van der Waals surface area contributed by atoms with Gasteiger partial charge >= 0.3 is 5.97 Å². The molecule has 0 aromatic heterocycles. The molecule has 1 fully saturated rings. The molecule has 86 valence electrons. The fourth-order valence-corrected chi connectivity index (χ4v) is 1.92. The monoisotopic (exact) mass is 221 g/mol. The summed E-state index contributed by atoms with van der Waals surface area (Å²) >= 11 is 0. The van der Waals surface area contributed by atoms with E-state index in [1.54, 1.807) is 12.1 Å². The number of carbonyl (C=O) groups is 1. The first-order valence-corrected chi connectivity index (χ1v) is 5.38. The molecule has 1 unspecified atom stereocenters. The molecule has 0 amide bonds. The molecule has 1 aliphatic carbocycles. The van der Waals surface area contributed by atoms with Crippen molar-refractivity contribution in [2.45, 2.75) is 31.0 Å². The summed E-state index contributed by atoms with van der Waals surface area (Å²) in [6.07, 6.45) is 0.996. The van der Waals surface area contributed by atoms with Crippen molar-refractivity contribution in [1.29, 1.82) is 0 Å². The van der Waals surface area contributed by atoms with E-state index in [-0.39, 0.29) is 12.1 Å². The molecule has 0 bridgehead atoms. The summed E-state index contributed by atoms with van der Waals surface area (Å²) in [6, 6.07) is 8.51. The van der Waals surface area contributed by atoms with E-state index >= 15 is 0 Å². The van der Waals surface area contributed by atoms with Crippen molar-refractivity contribution in [3.63, 3.8) is 0 Å². The van der Waals surface area contributed by atoms with Crippen LogP contribution in [0.2, 0.25) is 0 Å². The van der Waals surface area contributed by atoms with Gasteiger partial charge in [0.1, 0.15) is 6.04 Å². The van der Waals surface area contributed by atoms with Gasteiger partial charge in [0.05, 0.1) is 6.10 Å². The van der Waals surface area contributed by atoms with Gasteiger partial charge in [0.15, 0.2) is 0 Å². The summed E-state index contributed by atoms with van der Waals surface area (Å²) in [4.78, 5) is 11.1. The molecule has 4 heteroatoms. The molecule has 0 heterocycles. The number of benzene rings is 1. The fourth-order valence-electron chi connectivity index (χ4n) is 1.92. The summed E-state index contributed by atoms with van der Waals surface area (Å²) in [5.74, 6) is -0.882. The van der Waals surface area contributed by atoms with Crippen molar-refractivity contribution in [1.82, 2.24) is 5.32 Å². The average molecular weight is 221 g/mol. The molecule has 16 heavy (non-hydrogen) atoms. The Morgan fingerprint density at radius 2 is 1.94 bits per heavy atom. The van der Waals surface area contributed by atoms with Gasteiger partial charge in [-0.3, -0.25) is 10.1 Å². The third-order valence-corrected chi connectivity index (χ3v) is 2.90. The highest BCUT2D eigenvalue weighted by molar-refractivity contribution is 5.75. The van der Waals surface area contributed by atoms with E-state index in [0.29, 0.717) is 12.8 Å². The highest BCUT2D eigenvalue weighted by atomic mass is 16.4. The maximum absolute atomic E-state index is 11.1. The van der Waals surface area contributed by atoms with E-state index in [9.17, 15) is 4.79 Å². The van der Waals surface area contributed by atoms with E-state index in [4.69, 9.17) is 10.2 Å². The largest absolute Gasteiger partial charge is 0.480 e. The number of nitrogens with one attached hydrogen (secondary N) is 1. The second kappa shape index (κ2) is 4.63. The predicted molar refractivity (Wildman–Crippen MR) is 59.0 cm³/mol. The topological polar surface area (TPSA) is 69.6 Å². The molecule has 0 spiro atoms. The van der Waals surface area contributed by atoms with E-state index < -0.39 is 12.0 Å². The lowest BCUT2D eigenvalue weighted by molar-refractivity contribution is -0.140. The first-order valence-electron chi connectivity index (χ1n) is 5.38. The van der Waals surface area contributed by atoms with Crippen molar-refractivity contribution in [3.8, 4) is 0 Å². The van der Waals surface area contributed by atoms with Gasteiger partial charge in [-0.1, -0.05) is 30.3 Å². The number of hydrogen-bond acceptors (Lipinski definition) is 3. The number of aliphatic hydroxyl groups is 1. The van der Waals surface area contributed by atoms with Crippen molar-refractivity contribution in [3.05, 3.63) is 35.9 Å². The molecule has 1 aromatic carbocycles. The predicted octanol–water partition coefficient (Wildman–Crippen LogP) is 0.925. The zero-order valence-corrected chi connectivity index (χ0v) is 8.84. The highest BCUT2D eigenvalue weighted by Crippen LogP contribution is 2.23. The standard InChI is InChI=1S/C12H15NO3/c14-10-6-9(7-10)13-11(12(15)16)8-4-2-1-3-5-8/h1-5,9-11,13-14H,6-7H2,(H,15,16). The Bertz CT molecular complexity index is 360. The van der Waals surface area contributed by atoms with Gasteiger partial charge in [0.25, 0.3) is 0 Å². The molecule has 0 aliphatic heterocycles. The molecule has 3 N–H and O–H groups in total. The van der Waals surface area contributed by atoms with Gasteiger partial charge in [-0.15, -0.1) is 0 Å². The minimum atomic E-state index is -0.882. The van der Waals surface area contributed by atoms with Crippen LogP contribution in [0.15, 0.2) is 30.3 Å². The van der Waals surface area contributed by atoms with Crippen LogP contribution in [0.4, 0.5) is 0 Å². The summed E-state index contributed by atoms with van der Waals surface area (Å²) in [5, 5.41) is 21.3. The Labute approximate surface area is 93.9 Å². The Hall–Kier alpha value is -1.39. The van der Waals surface area contributed by atoms with Gasteiger partial charge in [-0.2, -0.15) is 0 Å². The Balaban J connectivity index is 2.03. The molecule has 1 aliphatic rings. The molecule has 0 radical (unpaired) electrons. The van der Waals surface area contributed by atoms with E-state index in [0.717, 1.165) is 5.56 Å². The van der Waals surface area contributed by atoms with Crippen LogP contribution in [0.5, 0.6) is 0 Å². The summed E-state index contributed by atoms with van der Waals surface area (Å²) in [6.45, 7) is 0. The van der Waals surface area contributed by atoms with Crippen molar-refractivity contribution in [2.24, 2.45) is 0 Å². The first kappa shape index (κ1) is 11.1. The van der Waals surface area contributed by atoms with Crippen LogP contribution >= 0.6 is 0 Å². The van der Waals surface area contributed by atoms with Gasteiger partial charge in [0.2, 0.25) is 0 Å². The molecular formula is C12H15NO3. The molecule has 1 atom stereocenters. The van der Waals surface area contributed by atoms with Crippen LogP contribution in [0.3, 0.4) is 0 Å². The number of rotatable bonds is 4. The van der Waals surface area contributed by atoms with E-state index in [1.807, 2.05) is 18.2 Å². The van der Waals surface area contributed by atoms with Gasteiger partial charge in [-0.05, 0) is 18.4 Å². The molecule has 1 aromatic rings. The Morgan fingerprint density at radius 3 is 2.44 bits per heavy atom. The summed E-state index contributed by atoms with van der Waals surface area (Å²) in [7, 11) is 0. The zero-order chi connectivity index (χ0) is 11.5. The summed E-state index contributed by atoms with van der Waals surface area (Å²) in [5.41, 5.74) is 0.747. The number of carboxylic acid groups (broad SMARTS) is 1. The minimum Gasteiger partial charge on any atom is -0.480 e. The van der Waals surface area contributed by atoms with Crippen LogP contribution in [0.1, 0.15) is 24.4 Å². The SMILES string of the molecule is O=C(O)C(NC1CC(O)C1)c1ccccc1. The third-order valence-electron chi connectivity index (χ3n) is 2.90. The lowest BCUT2D eigenvalue weighted by atomic mass is 9.88. The number of aliphatic hydroxyl groups excluding tert-OH is 1. The van der Waals surface area contributed by atoms with Gasteiger partial charge < -0.3 is 10.2 Å². The zero-order valence-electron chi connectivity index (χ0n) is 8.84.